The molecule has 0 aliphatic carbocycles. The number of carbonyl (C=O) groups is 5. The van der Waals surface area contributed by atoms with Gasteiger partial charge >= 0.3 is 0 Å². The van der Waals surface area contributed by atoms with Gasteiger partial charge in [-0.1, -0.05) is 24.3 Å². The summed E-state index contributed by atoms with van der Waals surface area (Å²) in [5.74, 6) is 0.719. The van der Waals surface area contributed by atoms with Gasteiger partial charge in [0.05, 0.1) is 22.6 Å². The number of hydrogen-bond acceptors (Lipinski definition) is 13. The minimum Gasteiger partial charge on any atom is -0.457 e. The zero-order chi connectivity index (χ0) is 42.7. The summed E-state index contributed by atoms with van der Waals surface area (Å²) in [4.78, 5) is 81.8. The number of likely N-dealkylation sites (tertiary alicyclic amines) is 1. The lowest BCUT2D eigenvalue weighted by Crippen LogP contribution is -2.54. The number of thioether (sulfide) groups is 1. The molecule has 0 radical (unpaired) electrons. The molecule has 3 saturated heterocycles. The van der Waals surface area contributed by atoms with Gasteiger partial charge in [-0.25, -0.2) is 14.6 Å². The third kappa shape index (κ3) is 8.52. The van der Waals surface area contributed by atoms with Crippen LogP contribution in [-0.4, -0.2) is 133 Å². The van der Waals surface area contributed by atoms with Gasteiger partial charge in [0.15, 0.2) is 5.65 Å². The molecule has 62 heavy (non-hydrogen) atoms. The number of aromatic nitrogens is 4. The van der Waals surface area contributed by atoms with Gasteiger partial charge in [-0.3, -0.25) is 39.1 Å². The predicted octanol–water partition coefficient (Wildman–Crippen LogP) is 4.62. The van der Waals surface area contributed by atoms with Crippen LogP contribution in [0.4, 0.5) is 5.82 Å². The van der Waals surface area contributed by atoms with Crippen LogP contribution < -0.4 is 15.8 Å². The van der Waals surface area contributed by atoms with Gasteiger partial charge in [0.2, 0.25) is 17.7 Å². The number of amides is 5. The summed E-state index contributed by atoms with van der Waals surface area (Å²) in [6.07, 6.45) is 4.66. The van der Waals surface area contributed by atoms with Gasteiger partial charge in [-0.15, -0.1) is 11.8 Å². The van der Waals surface area contributed by atoms with Crippen LogP contribution in [0.25, 0.3) is 22.3 Å². The quantitative estimate of drug-likeness (QED) is 0.123. The Morgan fingerprint density at radius 1 is 0.839 bits per heavy atom. The van der Waals surface area contributed by atoms with Crippen LogP contribution in [0.3, 0.4) is 0 Å². The number of carbonyl (C=O) groups excluding carboxylic acids is 5. The zero-order valence-corrected chi connectivity index (χ0v) is 35.1. The first-order valence-corrected chi connectivity index (χ1v) is 22.2. The highest BCUT2D eigenvalue weighted by molar-refractivity contribution is 7.99. The lowest BCUT2D eigenvalue weighted by Gasteiger charge is -2.35. The molecule has 2 unspecified atom stereocenters. The van der Waals surface area contributed by atoms with Crippen molar-refractivity contribution in [1.82, 2.24) is 44.7 Å². The number of nitrogens with two attached hydrogens (primary N) is 1. The summed E-state index contributed by atoms with van der Waals surface area (Å²) in [6, 6.07) is 21.5. The van der Waals surface area contributed by atoms with Crippen molar-refractivity contribution in [3.05, 3.63) is 90.3 Å². The lowest BCUT2D eigenvalue weighted by atomic mass is 10.0. The number of hydrogen-bond donors (Lipinski definition) is 2. The first-order valence-electron chi connectivity index (χ1n) is 21.2. The molecule has 4 aliphatic heterocycles. The number of benzene rings is 3. The van der Waals surface area contributed by atoms with Crippen molar-refractivity contribution in [2.24, 2.45) is 0 Å². The highest BCUT2D eigenvalue weighted by Gasteiger charge is 2.45. The highest BCUT2D eigenvalue weighted by Crippen LogP contribution is 2.36. The van der Waals surface area contributed by atoms with Gasteiger partial charge in [-0.2, -0.15) is 5.10 Å². The zero-order valence-electron chi connectivity index (χ0n) is 34.3. The third-order valence-electron chi connectivity index (χ3n) is 12.1. The number of piperidine rings is 2. The van der Waals surface area contributed by atoms with Crippen LogP contribution in [0.1, 0.15) is 65.3 Å². The van der Waals surface area contributed by atoms with E-state index in [-0.39, 0.29) is 24.8 Å². The highest BCUT2D eigenvalue weighted by atomic mass is 32.2. The molecule has 0 bridgehead atoms. The van der Waals surface area contributed by atoms with Crippen molar-refractivity contribution in [1.29, 1.82) is 0 Å². The second-order valence-corrected chi connectivity index (χ2v) is 17.2. The summed E-state index contributed by atoms with van der Waals surface area (Å²) >= 11 is 1.53. The molecule has 5 aromatic rings. The van der Waals surface area contributed by atoms with Gasteiger partial charge in [0.1, 0.15) is 35.4 Å². The molecule has 4 aliphatic rings. The average Bonchev–Trinajstić information content (AvgIpc) is 3.80. The van der Waals surface area contributed by atoms with E-state index in [4.69, 9.17) is 15.6 Å². The smallest absolute Gasteiger partial charge is 0.263 e. The standard InChI is InChI=1S/C45H48N10O6S/c46-41-39-40(29-13-15-32(16-14-29)61-31-8-2-1-3-9-31)50-55(42(39)48-28-47-41)30-7-5-20-53(27-30)37(57)12-6-19-51-21-23-52(24-22-51)25-26-62-35-11-4-10-33-38(35)45(60)54(44(33)59)34-17-18-36(56)49-43(34)58/h1-4,8-11,13-16,28,30,34H,5-7,12,17-27H2,(H2,46,47,48)(H,49,56,58). The first-order chi connectivity index (χ1) is 30.2. The van der Waals surface area contributed by atoms with Crippen LogP contribution >= 0.6 is 11.8 Å². The van der Waals surface area contributed by atoms with Crippen LogP contribution in [0.2, 0.25) is 0 Å². The van der Waals surface area contributed by atoms with Gasteiger partial charge in [0.25, 0.3) is 11.8 Å². The van der Waals surface area contributed by atoms with E-state index in [0.717, 1.165) is 85.4 Å². The van der Waals surface area contributed by atoms with E-state index in [0.29, 0.717) is 58.9 Å². The van der Waals surface area contributed by atoms with Crippen molar-refractivity contribution in [2.45, 2.75) is 55.5 Å². The summed E-state index contributed by atoms with van der Waals surface area (Å²) < 4.78 is 7.92. The molecule has 6 heterocycles. The molecule has 16 nitrogen and oxygen atoms in total. The number of rotatable bonds is 13. The molecule has 17 heteroatoms. The fraction of sp³-hybridized carbons (Fsp3) is 0.378. The Morgan fingerprint density at radius 3 is 2.37 bits per heavy atom. The van der Waals surface area contributed by atoms with E-state index in [1.54, 1.807) is 12.1 Å². The Bertz CT molecular complexity index is 2510. The Kier molecular flexibility index (Phi) is 12.0. The largest absolute Gasteiger partial charge is 0.457 e. The van der Waals surface area contributed by atoms with Crippen LogP contribution in [0.5, 0.6) is 11.5 Å². The van der Waals surface area contributed by atoms with Gasteiger partial charge < -0.3 is 20.3 Å². The van der Waals surface area contributed by atoms with Crippen molar-refractivity contribution in [3.63, 3.8) is 0 Å². The second-order valence-electron chi connectivity index (χ2n) is 16.1. The van der Waals surface area contributed by atoms with Crippen LogP contribution in [0, 0.1) is 0 Å². The number of nitrogen functional groups attached to an aromatic ring is 1. The van der Waals surface area contributed by atoms with E-state index >= 15 is 0 Å². The molecular weight excluding hydrogens is 809 g/mol. The van der Waals surface area contributed by atoms with E-state index in [2.05, 4.69) is 25.1 Å². The summed E-state index contributed by atoms with van der Waals surface area (Å²) in [5.41, 5.74) is 9.28. The molecule has 2 aromatic heterocycles. The molecule has 0 spiro atoms. The van der Waals surface area contributed by atoms with E-state index in [9.17, 15) is 24.0 Å². The second kappa shape index (κ2) is 18.0. The third-order valence-corrected chi connectivity index (χ3v) is 13.2. The number of para-hydroxylation sites is 1. The summed E-state index contributed by atoms with van der Waals surface area (Å²) in [7, 11) is 0. The van der Waals surface area contributed by atoms with E-state index in [1.807, 2.05) is 70.2 Å². The molecule has 0 saturated carbocycles. The van der Waals surface area contributed by atoms with Crippen molar-refractivity contribution in [3.8, 4) is 22.8 Å². The number of nitrogens with one attached hydrogen (secondary N) is 1. The number of piperazine rings is 1. The minimum atomic E-state index is -0.984. The Labute approximate surface area is 362 Å². The number of anilines is 1. The molecule has 2 atom stereocenters. The average molecular weight is 857 g/mol. The van der Waals surface area contributed by atoms with Crippen LogP contribution in [0.15, 0.2) is 84.0 Å². The summed E-state index contributed by atoms with van der Waals surface area (Å²) in [6.45, 7) is 6.53. The monoisotopic (exact) mass is 856 g/mol. The van der Waals surface area contributed by atoms with Crippen molar-refractivity contribution < 1.29 is 28.7 Å². The van der Waals surface area contributed by atoms with Crippen LogP contribution in [-0.2, 0) is 14.4 Å². The first kappa shape index (κ1) is 41.2. The van der Waals surface area contributed by atoms with E-state index in [1.165, 1.54) is 18.1 Å². The number of ether oxygens (including phenoxy) is 1. The maximum absolute atomic E-state index is 13.6. The summed E-state index contributed by atoms with van der Waals surface area (Å²) in [5, 5.41) is 7.99. The number of fused-ring (bicyclic) bond motifs is 2. The fourth-order valence-electron chi connectivity index (χ4n) is 8.88. The van der Waals surface area contributed by atoms with Crippen molar-refractivity contribution >= 4 is 58.1 Å². The molecule has 9 rings (SSSR count). The Balaban J connectivity index is 0.739. The maximum atomic E-state index is 13.6. The molecular formula is C45H48N10O6S. The maximum Gasteiger partial charge on any atom is 0.263 e. The normalized spacial score (nSPS) is 19.9. The minimum absolute atomic E-state index is 0.0523. The SMILES string of the molecule is Nc1ncnc2c1c(-c1ccc(Oc3ccccc3)cc1)nn2C1CCCN(C(=O)CCCN2CCN(CCSc3cccc4c3C(=O)N(C3CCC(=O)NC3=O)C4=O)CC2)C1. The molecule has 5 amide bonds. The molecule has 3 aromatic carbocycles. The number of nitrogens with zero attached hydrogens (tertiary/aromatic N) is 8. The van der Waals surface area contributed by atoms with E-state index < -0.39 is 29.7 Å². The molecule has 3 fully saturated rings. The molecule has 320 valence electrons. The number of imide groups is 2. The van der Waals surface area contributed by atoms with Gasteiger partial charge in [0, 0.05) is 74.9 Å². The topological polar surface area (TPSA) is 189 Å². The Hall–Kier alpha value is -6.17. The molecule has 3 N–H and O–H groups in total. The van der Waals surface area contributed by atoms with Crippen molar-refractivity contribution in [2.75, 3.05) is 63.8 Å². The van der Waals surface area contributed by atoms with Gasteiger partial charge in [-0.05, 0) is 80.8 Å². The Morgan fingerprint density at radius 2 is 1.60 bits per heavy atom. The predicted molar refractivity (Wildman–Crippen MR) is 232 cm³/mol. The lowest BCUT2D eigenvalue weighted by molar-refractivity contribution is -0.136. The fourth-order valence-corrected chi connectivity index (χ4v) is 9.96.